The number of Topliss-reactive ketones (excluding diaryl/α,β-unsaturated/α-hetero) is 2. The van der Waals surface area contributed by atoms with E-state index in [0.717, 1.165) is 60.3 Å². The first kappa shape index (κ1) is 31.2. The van der Waals surface area contributed by atoms with Crippen molar-refractivity contribution in [1.82, 2.24) is 4.90 Å². The summed E-state index contributed by atoms with van der Waals surface area (Å²) in [7, 11) is 3.01. The summed E-state index contributed by atoms with van der Waals surface area (Å²) >= 11 is 0. The van der Waals surface area contributed by atoms with Crippen LogP contribution >= 0.6 is 0 Å². The molecule has 0 atom stereocenters. The second-order valence-electron chi connectivity index (χ2n) is 13.9. The zero-order valence-corrected chi connectivity index (χ0v) is 26.5. The first-order valence-corrected chi connectivity index (χ1v) is 15.7. The van der Waals surface area contributed by atoms with E-state index in [-0.39, 0.29) is 39.6 Å². The molecule has 0 saturated heterocycles. The lowest BCUT2D eigenvalue weighted by molar-refractivity contribution is -0.119. The summed E-state index contributed by atoms with van der Waals surface area (Å²) < 4.78 is 11.0. The van der Waals surface area contributed by atoms with Crippen LogP contribution in [0.3, 0.4) is 0 Å². The smallest absolute Gasteiger partial charge is 0.200 e. The van der Waals surface area contributed by atoms with Crippen LogP contribution in [-0.4, -0.2) is 42.3 Å². The third-order valence-electron chi connectivity index (χ3n) is 9.09. The summed E-state index contributed by atoms with van der Waals surface area (Å²) in [5.74, 6) is 0.191. The van der Waals surface area contributed by atoms with Crippen molar-refractivity contribution in [3.63, 3.8) is 0 Å². The fourth-order valence-corrected chi connectivity index (χ4v) is 7.14. The quantitative estimate of drug-likeness (QED) is 0.257. The molecule has 2 aliphatic carbocycles. The number of nitrogens with zero attached hydrogens (tertiary/aromatic N) is 1. The van der Waals surface area contributed by atoms with Crippen molar-refractivity contribution in [2.45, 2.75) is 118 Å². The number of benzene rings is 1. The number of hydrogen-bond donors (Lipinski definition) is 1. The maximum atomic E-state index is 14.0. The molecule has 226 valence electrons. The second-order valence-corrected chi connectivity index (χ2v) is 13.9. The lowest BCUT2D eigenvalue weighted by atomic mass is 9.63. The third kappa shape index (κ3) is 6.67. The Morgan fingerprint density at radius 2 is 1.20 bits per heavy atom. The van der Waals surface area contributed by atoms with E-state index >= 15 is 0 Å². The third-order valence-corrected chi connectivity index (χ3v) is 9.09. The molecular formula is C35H51NO5. The fourth-order valence-electron chi connectivity index (χ4n) is 7.14. The lowest BCUT2D eigenvalue weighted by Crippen LogP contribution is -2.44. The Morgan fingerprint density at radius 1 is 0.756 bits per heavy atom. The van der Waals surface area contributed by atoms with Gasteiger partial charge in [0.25, 0.3) is 0 Å². The Morgan fingerprint density at radius 3 is 1.63 bits per heavy atom. The van der Waals surface area contributed by atoms with Crippen molar-refractivity contribution in [3.8, 4) is 17.2 Å². The topological polar surface area (TPSA) is 76.1 Å². The van der Waals surface area contributed by atoms with E-state index in [4.69, 9.17) is 9.47 Å². The van der Waals surface area contributed by atoms with Gasteiger partial charge in [-0.05, 0) is 47.8 Å². The minimum atomic E-state index is -0.495. The van der Waals surface area contributed by atoms with Gasteiger partial charge in [0.2, 0.25) is 5.75 Å². The standard InChI is InChI=1S/C35H51NO5/c1-8-9-10-11-12-13-14-15-16-36-24-19-34(2,3)21-26(37)31(24)30(32-25(36)20-35(4,5)22-27(32)38)23-17-28(40-6)33(39)29(18-23)41-7/h17-18,30,39H,8-16,19-22H2,1-7H3. The molecule has 0 aromatic heterocycles. The highest BCUT2D eigenvalue weighted by atomic mass is 16.5. The molecular weight excluding hydrogens is 514 g/mol. The molecule has 0 bridgehead atoms. The van der Waals surface area contributed by atoms with Crippen molar-refractivity contribution in [3.05, 3.63) is 40.2 Å². The van der Waals surface area contributed by atoms with Crippen LogP contribution in [0.5, 0.6) is 17.2 Å². The van der Waals surface area contributed by atoms with Gasteiger partial charge in [0, 0.05) is 47.8 Å². The number of unbranched alkanes of at least 4 members (excludes halogenated alkanes) is 7. The van der Waals surface area contributed by atoms with Gasteiger partial charge in [0.1, 0.15) is 0 Å². The van der Waals surface area contributed by atoms with Crippen molar-refractivity contribution in [2.24, 2.45) is 10.8 Å². The fraction of sp³-hybridized carbons (Fsp3) is 0.657. The molecule has 3 aliphatic rings. The Labute approximate surface area is 247 Å². The van der Waals surface area contributed by atoms with Gasteiger partial charge >= 0.3 is 0 Å². The molecule has 0 spiro atoms. The van der Waals surface area contributed by atoms with Crippen LogP contribution in [0.2, 0.25) is 0 Å². The number of aromatic hydroxyl groups is 1. The SMILES string of the molecule is CCCCCCCCCCN1C2=C(C(=O)CC(C)(C)C2)C(c2cc(OC)c(O)c(OC)c2)C2=C1CC(C)(C)CC2=O. The van der Waals surface area contributed by atoms with Crippen molar-refractivity contribution in [2.75, 3.05) is 20.8 Å². The molecule has 4 rings (SSSR count). The minimum Gasteiger partial charge on any atom is -0.502 e. The van der Waals surface area contributed by atoms with E-state index in [9.17, 15) is 14.7 Å². The van der Waals surface area contributed by atoms with Gasteiger partial charge in [0.05, 0.1) is 14.2 Å². The largest absolute Gasteiger partial charge is 0.502 e. The van der Waals surface area contributed by atoms with Crippen LogP contribution in [0.15, 0.2) is 34.7 Å². The molecule has 6 nitrogen and oxygen atoms in total. The number of phenols is 1. The van der Waals surface area contributed by atoms with Crippen LogP contribution < -0.4 is 9.47 Å². The van der Waals surface area contributed by atoms with Crippen LogP contribution in [0.4, 0.5) is 0 Å². The van der Waals surface area contributed by atoms with Gasteiger partial charge in [-0.15, -0.1) is 0 Å². The van der Waals surface area contributed by atoms with Crippen molar-refractivity contribution < 1.29 is 24.2 Å². The number of carbonyl (C=O) groups excluding carboxylic acids is 2. The van der Waals surface area contributed by atoms with Crippen molar-refractivity contribution >= 4 is 11.6 Å². The zero-order valence-electron chi connectivity index (χ0n) is 26.5. The molecule has 0 unspecified atom stereocenters. The monoisotopic (exact) mass is 565 g/mol. The average molecular weight is 566 g/mol. The van der Waals surface area contributed by atoms with Crippen LogP contribution in [-0.2, 0) is 9.59 Å². The van der Waals surface area contributed by atoms with Gasteiger partial charge in [-0.25, -0.2) is 0 Å². The molecule has 6 heteroatoms. The van der Waals surface area contributed by atoms with E-state index in [1.807, 2.05) is 0 Å². The van der Waals surface area contributed by atoms with Gasteiger partial charge < -0.3 is 19.5 Å². The molecule has 0 radical (unpaired) electrons. The summed E-state index contributed by atoms with van der Waals surface area (Å²) in [5.41, 5.74) is 4.08. The first-order chi connectivity index (χ1) is 19.4. The van der Waals surface area contributed by atoms with Gasteiger partial charge in [0.15, 0.2) is 23.1 Å². The maximum Gasteiger partial charge on any atom is 0.200 e. The van der Waals surface area contributed by atoms with E-state index in [1.165, 1.54) is 52.7 Å². The summed E-state index contributed by atoms with van der Waals surface area (Å²) in [4.78, 5) is 30.4. The maximum absolute atomic E-state index is 14.0. The van der Waals surface area contributed by atoms with Gasteiger partial charge in [-0.2, -0.15) is 0 Å². The van der Waals surface area contributed by atoms with E-state index < -0.39 is 5.92 Å². The summed E-state index contributed by atoms with van der Waals surface area (Å²) in [6.45, 7) is 11.8. The van der Waals surface area contributed by atoms with E-state index in [2.05, 4.69) is 39.5 Å². The predicted octanol–water partition coefficient (Wildman–Crippen LogP) is 8.24. The van der Waals surface area contributed by atoms with Crippen LogP contribution in [0.1, 0.15) is 123 Å². The van der Waals surface area contributed by atoms with Crippen molar-refractivity contribution in [1.29, 1.82) is 0 Å². The number of carbonyl (C=O) groups is 2. The van der Waals surface area contributed by atoms with E-state index in [1.54, 1.807) is 12.1 Å². The molecule has 1 aromatic carbocycles. The molecule has 1 aromatic rings. The molecule has 1 heterocycles. The Kier molecular flexibility index (Phi) is 9.60. The van der Waals surface area contributed by atoms with Crippen LogP contribution in [0.25, 0.3) is 0 Å². The number of ether oxygens (including phenoxy) is 2. The van der Waals surface area contributed by atoms with Crippen LogP contribution in [0, 0.1) is 10.8 Å². The highest BCUT2D eigenvalue weighted by Gasteiger charge is 2.49. The number of hydrogen-bond acceptors (Lipinski definition) is 6. The molecule has 1 aliphatic heterocycles. The number of allylic oxidation sites excluding steroid dienone is 4. The summed E-state index contributed by atoms with van der Waals surface area (Å²) in [6.07, 6.45) is 12.4. The average Bonchev–Trinajstić information content (AvgIpc) is 2.89. The lowest BCUT2D eigenvalue weighted by Gasteiger charge is -2.49. The van der Waals surface area contributed by atoms with E-state index in [0.29, 0.717) is 12.8 Å². The Bertz CT molecular complexity index is 1140. The highest BCUT2D eigenvalue weighted by molar-refractivity contribution is 6.06. The normalized spacial score (nSPS) is 20.3. The number of rotatable bonds is 12. The molecule has 1 N–H and O–H groups in total. The highest BCUT2D eigenvalue weighted by Crippen LogP contribution is 2.55. The zero-order chi connectivity index (χ0) is 29.9. The summed E-state index contributed by atoms with van der Waals surface area (Å²) in [5, 5.41) is 10.6. The molecule has 0 saturated carbocycles. The number of methoxy groups -OCH3 is 2. The summed E-state index contributed by atoms with van der Waals surface area (Å²) in [6, 6.07) is 3.54. The molecule has 41 heavy (non-hydrogen) atoms. The van der Waals surface area contributed by atoms with Gasteiger partial charge in [-0.3, -0.25) is 9.59 Å². The number of ketones is 2. The first-order valence-electron chi connectivity index (χ1n) is 15.7. The van der Waals surface area contributed by atoms with Gasteiger partial charge in [-0.1, -0.05) is 79.6 Å². The minimum absolute atomic E-state index is 0.0819. The Balaban J connectivity index is 1.79. The molecule has 0 fully saturated rings. The number of phenolic OH excluding ortho intramolecular Hbond substituents is 1. The predicted molar refractivity (Wildman–Crippen MR) is 163 cm³/mol. The molecule has 0 amide bonds. The Hall–Kier alpha value is -2.76. The second kappa shape index (κ2) is 12.6.